The van der Waals surface area contributed by atoms with Gasteiger partial charge in [0.05, 0.1) is 12.2 Å². The van der Waals surface area contributed by atoms with Gasteiger partial charge in [0.25, 0.3) is 0 Å². The van der Waals surface area contributed by atoms with Gasteiger partial charge in [-0.25, -0.2) is 4.79 Å². The van der Waals surface area contributed by atoms with Gasteiger partial charge in [0, 0.05) is 19.7 Å². The van der Waals surface area contributed by atoms with Crippen LogP contribution in [0.4, 0.5) is 4.79 Å². The van der Waals surface area contributed by atoms with E-state index in [1.54, 1.807) is 11.9 Å². The van der Waals surface area contributed by atoms with Gasteiger partial charge in [0.1, 0.15) is 0 Å². The maximum atomic E-state index is 12.2. The molecule has 0 aliphatic heterocycles. The highest BCUT2D eigenvalue weighted by Crippen LogP contribution is 2.19. The average Bonchev–Trinajstić information content (AvgIpc) is 3.02. The second-order valence-electron chi connectivity index (χ2n) is 5.90. The molecule has 3 aromatic rings. The summed E-state index contributed by atoms with van der Waals surface area (Å²) in [4.78, 5) is 13.8. The highest BCUT2D eigenvalue weighted by atomic mass is 16.5. The summed E-state index contributed by atoms with van der Waals surface area (Å²) in [6.07, 6.45) is 0.812. The van der Waals surface area contributed by atoms with Crippen LogP contribution < -0.4 is 5.32 Å². The summed E-state index contributed by atoms with van der Waals surface area (Å²) >= 11 is 0. The molecule has 0 unspecified atom stereocenters. The average molecular weight is 323 g/mol. The number of amides is 2. The molecule has 1 heterocycles. The number of benzene rings is 2. The molecule has 24 heavy (non-hydrogen) atoms. The predicted octanol–water partition coefficient (Wildman–Crippen LogP) is 3.52. The van der Waals surface area contributed by atoms with E-state index >= 15 is 0 Å². The van der Waals surface area contributed by atoms with Gasteiger partial charge in [-0.2, -0.15) is 0 Å². The Morgan fingerprint density at radius 3 is 2.79 bits per heavy atom. The Hall–Kier alpha value is -2.82. The van der Waals surface area contributed by atoms with Gasteiger partial charge in [-0.05, 0) is 29.7 Å². The molecular formula is C19H21N3O2. The fourth-order valence-electron chi connectivity index (χ4n) is 2.70. The van der Waals surface area contributed by atoms with Crippen molar-refractivity contribution in [1.29, 1.82) is 0 Å². The number of rotatable bonds is 5. The summed E-state index contributed by atoms with van der Waals surface area (Å²) in [6, 6.07) is 16.3. The van der Waals surface area contributed by atoms with Crippen LogP contribution in [-0.2, 0) is 13.0 Å². The zero-order valence-corrected chi connectivity index (χ0v) is 14.0. The van der Waals surface area contributed by atoms with Crippen LogP contribution in [0.15, 0.2) is 53.1 Å². The molecule has 0 spiro atoms. The van der Waals surface area contributed by atoms with Crippen LogP contribution in [0.1, 0.15) is 17.0 Å². The van der Waals surface area contributed by atoms with E-state index in [1.807, 2.05) is 25.1 Å². The molecule has 0 bridgehead atoms. The van der Waals surface area contributed by atoms with Crippen molar-refractivity contribution in [3.05, 3.63) is 65.5 Å². The lowest BCUT2D eigenvalue weighted by Gasteiger charge is -2.18. The Morgan fingerprint density at radius 2 is 2.00 bits per heavy atom. The van der Waals surface area contributed by atoms with Crippen molar-refractivity contribution in [2.75, 3.05) is 13.6 Å². The first kappa shape index (κ1) is 16.1. The first-order chi connectivity index (χ1) is 11.6. The van der Waals surface area contributed by atoms with Crippen LogP contribution in [0.2, 0.25) is 0 Å². The smallest absolute Gasteiger partial charge is 0.317 e. The lowest BCUT2D eigenvalue weighted by atomic mass is 10.0. The number of nitrogens with one attached hydrogen (secondary N) is 1. The van der Waals surface area contributed by atoms with Crippen LogP contribution in [0.3, 0.4) is 0 Å². The molecular weight excluding hydrogens is 302 g/mol. The standard InChI is InChI=1S/C19H21N3O2/c1-14-12-17(24-21-14)13-20-19(23)22(2)11-10-16-8-5-7-15-6-3-4-9-18(15)16/h3-9,12H,10-11,13H2,1-2H3,(H,20,23). The second-order valence-corrected chi connectivity index (χ2v) is 5.90. The molecule has 2 aromatic carbocycles. The van der Waals surface area contributed by atoms with Crippen molar-refractivity contribution >= 4 is 16.8 Å². The molecule has 0 radical (unpaired) electrons. The molecule has 0 aliphatic rings. The highest BCUT2D eigenvalue weighted by Gasteiger charge is 2.10. The normalized spacial score (nSPS) is 10.8. The zero-order chi connectivity index (χ0) is 16.9. The summed E-state index contributed by atoms with van der Waals surface area (Å²) in [7, 11) is 1.80. The minimum Gasteiger partial charge on any atom is -0.359 e. The number of urea groups is 1. The Morgan fingerprint density at radius 1 is 1.21 bits per heavy atom. The van der Waals surface area contributed by atoms with E-state index in [2.05, 4.69) is 40.8 Å². The second kappa shape index (κ2) is 7.17. The van der Waals surface area contributed by atoms with Gasteiger partial charge in [-0.1, -0.05) is 47.6 Å². The fourth-order valence-corrected chi connectivity index (χ4v) is 2.70. The van der Waals surface area contributed by atoms with Gasteiger partial charge in [0.15, 0.2) is 5.76 Å². The number of nitrogens with zero attached hydrogens (tertiary/aromatic N) is 2. The van der Waals surface area contributed by atoms with Gasteiger partial charge in [-0.15, -0.1) is 0 Å². The first-order valence-electron chi connectivity index (χ1n) is 8.01. The topological polar surface area (TPSA) is 58.4 Å². The molecule has 1 N–H and O–H groups in total. The van der Waals surface area contributed by atoms with Crippen molar-refractivity contribution in [3.8, 4) is 0 Å². The number of carbonyl (C=O) groups is 1. The predicted molar refractivity (Wildman–Crippen MR) is 93.8 cm³/mol. The molecule has 3 rings (SSSR count). The van der Waals surface area contributed by atoms with Crippen molar-refractivity contribution in [3.63, 3.8) is 0 Å². The summed E-state index contributed by atoms with van der Waals surface area (Å²) in [5, 5.41) is 9.11. The van der Waals surface area contributed by atoms with E-state index in [4.69, 9.17) is 4.52 Å². The third kappa shape index (κ3) is 3.74. The van der Waals surface area contributed by atoms with Crippen LogP contribution in [0, 0.1) is 6.92 Å². The minimum atomic E-state index is -0.121. The van der Waals surface area contributed by atoms with Crippen LogP contribution in [0.25, 0.3) is 10.8 Å². The molecule has 0 saturated carbocycles. The number of aromatic nitrogens is 1. The molecule has 124 valence electrons. The Bertz CT molecular complexity index is 836. The van der Waals surface area contributed by atoms with Gasteiger partial charge in [-0.3, -0.25) is 0 Å². The van der Waals surface area contributed by atoms with Crippen LogP contribution in [0.5, 0.6) is 0 Å². The monoisotopic (exact) mass is 323 g/mol. The number of hydrogen-bond donors (Lipinski definition) is 1. The number of hydrogen-bond acceptors (Lipinski definition) is 3. The highest BCUT2D eigenvalue weighted by molar-refractivity contribution is 5.85. The van der Waals surface area contributed by atoms with Gasteiger partial charge >= 0.3 is 6.03 Å². The lowest BCUT2D eigenvalue weighted by Crippen LogP contribution is -2.37. The van der Waals surface area contributed by atoms with Gasteiger partial charge in [0.2, 0.25) is 0 Å². The molecule has 5 nitrogen and oxygen atoms in total. The van der Waals surface area contributed by atoms with Crippen LogP contribution in [-0.4, -0.2) is 29.7 Å². The SMILES string of the molecule is Cc1cc(CNC(=O)N(C)CCc2cccc3ccccc23)on1. The first-order valence-corrected chi connectivity index (χ1v) is 8.01. The number of fused-ring (bicyclic) bond motifs is 1. The third-order valence-corrected chi connectivity index (χ3v) is 4.03. The van der Waals surface area contributed by atoms with E-state index < -0.39 is 0 Å². The summed E-state index contributed by atoms with van der Waals surface area (Å²) in [5.41, 5.74) is 2.06. The Labute approximate surface area is 141 Å². The third-order valence-electron chi connectivity index (χ3n) is 4.03. The van der Waals surface area contributed by atoms with Crippen molar-refractivity contribution < 1.29 is 9.32 Å². The quantitative estimate of drug-likeness (QED) is 0.781. The number of aryl methyl sites for hydroxylation is 1. The summed E-state index contributed by atoms with van der Waals surface area (Å²) in [6.45, 7) is 2.85. The van der Waals surface area contributed by atoms with Gasteiger partial charge < -0.3 is 14.7 Å². The zero-order valence-electron chi connectivity index (χ0n) is 14.0. The Balaban J connectivity index is 1.56. The largest absolute Gasteiger partial charge is 0.359 e. The van der Waals surface area contributed by atoms with E-state index in [9.17, 15) is 4.79 Å². The van der Waals surface area contributed by atoms with Crippen molar-refractivity contribution in [2.45, 2.75) is 19.9 Å². The molecule has 0 atom stereocenters. The van der Waals surface area contributed by atoms with E-state index in [0.29, 0.717) is 18.8 Å². The molecule has 0 saturated heterocycles. The number of carbonyl (C=O) groups excluding carboxylic acids is 1. The molecule has 5 heteroatoms. The van der Waals surface area contributed by atoms with Crippen molar-refractivity contribution in [2.24, 2.45) is 0 Å². The number of likely N-dealkylation sites (N-methyl/N-ethyl adjacent to an activating group) is 1. The van der Waals surface area contributed by atoms with E-state index in [1.165, 1.54) is 16.3 Å². The summed E-state index contributed by atoms with van der Waals surface area (Å²) < 4.78 is 5.09. The van der Waals surface area contributed by atoms with Crippen molar-refractivity contribution in [1.82, 2.24) is 15.4 Å². The molecule has 1 aromatic heterocycles. The summed E-state index contributed by atoms with van der Waals surface area (Å²) in [5.74, 6) is 0.656. The van der Waals surface area contributed by atoms with E-state index in [0.717, 1.165) is 12.1 Å². The molecule has 2 amide bonds. The molecule has 0 aliphatic carbocycles. The lowest BCUT2D eigenvalue weighted by molar-refractivity contribution is 0.207. The van der Waals surface area contributed by atoms with Crippen LogP contribution >= 0.6 is 0 Å². The maximum absolute atomic E-state index is 12.2. The molecule has 0 fully saturated rings. The maximum Gasteiger partial charge on any atom is 0.317 e. The van der Waals surface area contributed by atoms with E-state index in [-0.39, 0.29) is 6.03 Å². The fraction of sp³-hybridized carbons (Fsp3) is 0.263. The Kier molecular flexibility index (Phi) is 4.79. The minimum absolute atomic E-state index is 0.121.